The fourth-order valence-corrected chi connectivity index (χ4v) is 10.1. The number of fused-ring (bicyclic) bond motifs is 1. The van der Waals surface area contributed by atoms with Crippen LogP contribution < -0.4 is 24.8 Å². The Labute approximate surface area is 236 Å². The van der Waals surface area contributed by atoms with Gasteiger partial charge in [-0.25, -0.2) is 0 Å². The van der Waals surface area contributed by atoms with Crippen LogP contribution in [0.15, 0.2) is 70.7 Å². The number of hydrogen-bond acceptors (Lipinski definition) is 1. The topological polar surface area (TPSA) is 13.1 Å². The predicted molar refractivity (Wildman–Crippen MR) is 135 cm³/mol. The van der Waals surface area contributed by atoms with Gasteiger partial charge in [0, 0.05) is 11.1 Å². The van der Waals surface area contributed by atoms with Crippen molar-refractivity contribution in [2.24, 2.45) is 0 Å². The second-order valence-electron chi connectivity index (χ2n) is 9.74. The summed E-state index contributed by atoms with van der Waals surface area (Å²) in [6.07, 6.45) is 1.10. The minimum atomic E-state index is -1.10. The molecule has 1 unspecified atom stereocenters. The molecule has 1 radical (unpaired) electrons. The SMILES string of the molecule is CC1=C2c3cc(C)oc3C1[Si]2(C)C.CCc1ccc(-c2cccc3[cH-]c(C)cc23)cc1.[Cl-].[Cl-].[Zr+3]. The Hall–Kier alpha value is -1.25. The van der Waals surface area contributed by atoms with Gasteiger partial charge in [-0.2, -0.15) is 6.07 Å². The van der Waals surface area contributed by atoms with Gasteiger partial charge in [0.05, 0.1) is 8.07 Å². The Morgan fingerprint density at radius 1 is 0.912 bits per heavy atom. The molecule has 0 N–H and O–H groups in total. The Bertz CT molecular complexity index is 1330. The van der Waals surface area contributed by atoms with E-state index in [2.05, 4.69) is 94.5 Å². The van der Waals surface area contributed by atoms with Crippen LogP contribution in [0.5, 0.6) is 0 Å². The van der Waals surface area contributed by atoms with Gasteiger partial charge < -0.3 is 29.2 Å². The third-order valence-corrected chi connectivity index (χ3v) is 11.3. The molecule has 34 heavy (non-hydrogen) atoms. The first-order valence-corrected chi connectivity index (χ1v) is 14.5. The molecule has 4 aromatic rings. The van der Waals surface area contributed by atoms with Crippen molar-refractivity contribution in [2.45, 2.75) is 52.8 Å². The summed E-state index contributed by atoms with van der Waals surface area (Å²) in [4.78, 5) is 0. The second-order valence-corrected chi connectivity index (χ2v) is 14.3. The van der Waals surface area contributed by atoms with E-state index < -0.39 is 8.07 Å². The molecule has 3 heterocycles. The van der Waals surface area contributed by atoms with E-state index in [1.807, 2.05) is 6.92 Å². The van der Waals surface area contributed by atoms with E-state index >= 15 is 0 Å². The first kappa shape index (κ1) is 29.0. The molecule has 1 nitrogen and oxygen atoms in total. The van der Waals surface area contributed by atoms with Crippen LogP contribution in [-0.2, 0) is 32.6 Å². The largest absolute Gasteiger partial charge is 3.00 e. The normalized spacial score (nSPS) is 16.4. The fourth-order valence-electron chi connectivity index (χ4n) is 5.84. The van der Waals surface area contributed by atoms with Crippen molar-refractivity contribution < 1.29 is 55.4 Å². The monoisotopic (exact) mass is 583 g/mol. The minimum Gasteiger partial charge on any atom is -1.00 e. The Morgan fingerprint density at radius 3 is 2.18 bits per heavy atom. The van der Waals surface area contributed by atoms with E-state index in [4.69, 9.17) is 4.42 Å². The van der Waals surface area contributed by atoms with E-state index in [1.165, 1.54) is 44.3 Å². The fraction of sp³-hybridized carbons (Fsp3) is 0.276. The minimum absolute atomic E-state index is 0. The molecule has 2 aliphatic heterocycles. The van der Waals surface area contributed by atoms with Crippen LogP contribution in [0.4, 0.5) is 0 Å². The molecule has 0 spiro atoms. The predicted octanol–water partition coefficient (Wildman–Crippen LogP) is 2.36. The molecule has 5 heteroatoms. The van der Waals surface area contributed by atoms with Crippen molar-refractivity contribution in [3.05, 3.63) is 94.4 Å². The Morgan fingerprint density at radius 2 is 1.59 bits per heavy atom. The first-order valence-electron chi connectivity index (χ1n) is 11.4. The number of rotatable bonds is 2. The molecule has 3 aliphatic rings. The van der Waals surface area contributed by atoms with Crippen LogP contribution in [0, 0.1) is 13.8 Å². The zero-order valence-electron chi connectivity index (χ0n) is 20.7. The number of allylic oxidation sites excluding steroid dienone is 1. The summed E-state index contributed by atoms with van der Waals surface area (Å²) in [6, 6.07) is 22.2. The molecule has 1 atom stereocenters. The van der Waals surface area contributed by atoms with Gasteiger partial charge in [-0.05, 0) is 42.7 Å². The molecule has 0 amide bonds. The van der Waals surface area contributed by atoms with Crippen LogP contribution in [0.25, 0.3) is 27.1 Å². The van der Waals surface area contributed by atoms with E-state index in [0.29, 0.717) is 5.54 Å². The van der Waals surface area contributed by atoms with E-state index in [9.17, 15) is 0 Å². The number of aryl methyl sites for hydroxylation is 3. The zero-order chi connectivity index (χ0) is 21.9. The van der Waals surface area contributed by atoms with Gasteiger partial charge in [0.1, 0.15) is 11.5 Å². The molecule has 175 valence electrons. The third-order valence-electron chi connectivity index (χ3n) is 7.18. The Kier molecular flexibility index (Phi) is 9.20. The number of halogens is 2. The van der Waals surface area contributed by atoms with Crippen LogP contribution in [0.1, 0.15) is 47.6 Å². The standard InChI is InChI=1S/C18H17.C11H14OSi.2ClH.Zr/c1-3-14-7-9-15(10-8-14)17-6-4-5-16-11-13(2)12-18(16)17;1-6-5-8-9(12-6)11-7(2)10(8)13(11,3)4;;;/h4-12H,3H2,1-2H3;5,11H,1-4H3;2*1H;/q-1;;;;+3/p-2. The average molecular weight is 586 g/mol. The van der Waals surface area contributed by atoms with E-state index in [1.54, 1.807) is 10.8 Å². The molecule has 0 saturated carbocycles. The van der Waals surface area contributed by atoms with Crippen molar-refractivity contribution in [2.75, 3.05) is 0 Å². The van der Waals surface area contributed by atoms with Crippen molar-refractivity contribution >= 4 is 24.0 Å². The van der Waals surface area contributed by atoms with Gasteiger partial charge in [0.25, 0.3) is 0 Å². The van der Waals surface area contributed by atoms with Gasteiger partial charge >= 0.3 is 26.2 Å². The van der Waals surface area contributed by atoms with E-state index in [0.717, 1.165) is 12.2 Å². The van der Waals surface area contributed by atoms with Crippen LogP contribution >= 0.6 is 0 Å². The van der Waals surface area contributed by atoms with Crippen molar-refractivity contribution in [3.8, 4) is 11.1 Å². The summed E-state index contributed by atoms with van der Waals surface area (Å²) in [5.74, 6) is 2.35. The third kappa shape index (κ3) is 4.62. The molecule has 3 aromatic carbocycles. The first-order chi connectivity index (χ1) is 14.8. The summed E-state index contributed by atoms with van der Waals surface area (Å²) in [7, 11) is -1.10. The second kappa shape index (κ2) is 10.8. The van der Waals surface area contributed by atoms with Gasteiger partial charge in [0.2, 0.25) is 0 Å². The molecular weight excluding hydrogens is 555 g/mol. The van der Waals surface area contributed by atoms with Crippen LogP contribution in [0.3, 0.4) is 0 Å². The molecule has 1 aromatic heterocycles. The molecule has 0 saturated heterocycles. The molecule has 1 aliphatic carbocycles. The van der Waals surface area contributed by atoms with E-state index in [-0.39, 0.29) is 51.0 Å². The van der Waals surface area contributed by atoms with Crippen molar-refractivity contribution in [1.29, 1.82) is 0 Å². The smallest absolute Gasteiger partial charge is 1.00 e. The Balaban J connectivity index is 0.000000229. The maximum atomic E-state index is 5.78. The average Bonchev–Trinajstić information content (AvgIpc) is 3.41. The van der Waals surface area contributed by atoms with Gasteiger partial charge in [0.15, 0.2) is 0 Å². The maximum absolute atomic E-state index is 5.78. The van der Waals surface area contributed by atoms with Crippen LogP contribution in [0.2, 0.25) is 13.1 Å². The van der Waals surface area contributed by atoms with Gasteiger partial charge in [-0.1, -0.05) is 68.4 Å². The molecule has 7 rings (SSSR count). The maximum Gasteiger partial charge on any atom is 3.00 e. The quantitative estimate of drug-likeness (QED) is 0.260. The van der Waals surface area contributed by atoms with Crippen molar-refractivity contribution in [3.63, 3.8) is 0 Å². The summed E-state index contributed by atoms with van der Waals surface area (Å²) < 4.78 is 5.78. The zero-order valence-corrected chi connectivity index (χ0v) is 25.7. The summed E-state index contributed by atoms with van der Waals surface area (Å²) >= 11 is 0. The van der Waals surface area contributed by atoms with Crippen LogP contribution in [-0.4, -0.2) is 8.07 Å². The molecule has 0 fully saturated rings. The summed E-state index contributed by atoms with van der Waals surface area (Å²) in [5.41, 5.74) is 9.10. The summed E-state index contributed by atoms with van der Waals surface area (Å²) in [5, 5.41) is 4.37. The number of benzene rings is 2. The number of furan rings is 1. The number of hydrogen-bond donors (Lipinski definition) is 0. The van der Waals surface area contributed by atoms with Gasteiger partial charge in [-0.3, -0.25) is 0 Å². The molecular formula is C29H31Cl2OSiZr. The molecule has 2 bridgehead atoms. The summed E-state index contributed by atoms with van der Waals surface area (Å²) in [6.45, 7) is 13.6. The van der Waals surface area contributed by atoms with Gasteiger partial charge in [-0.15, -0.1) is 34.5 Å². The van der Waals surface area contributed by atoms with Crippen molar-refractivity contribution in [1.82, 2.24) is 0 Å².